The van der Waals surface area contributed by atoms with Gasteiger partial charge in [-0.25, -0.2) is 4.98 Å². The van der Waals surface area contributed by atoms with E-state index in [9.17, 15) is 0 Å². The van der Waals surface area contributed by atoms with E-state index in [4.69, 9.17) is 11.6 Å². The average molecular weight is 256 g/mol. The minimum absolute atomic E-state index is 0.649. The van der Waals surface area contributed by atoms with Crippen LogP contribution in [0.3, 0.4) is 0 Å². The third-order valence-corrected chi connectivity index (χ3v) is 2.85. The lowest BCUT2D eigenvalue weighted by atomic mass is 10.2. The first kappa shape index (κ1) is 11.0. The summed E-state index contributed by atoms with van der Waals surface area (Å²) in [5.74, 6) is 1.40. The van der Waals surface area contributed by atoms with E-state index < -0.39 is 0 Å². The van der Waals surface area contributed by atoms with Gasteiger partial charge in [0.15, 0.2) is 11.6 Å². The molecule has 0 aliphatic heterocycles. The average Bonchev–Trinajstić information content (AvgIpc) is 2.89. The Hall–Kier alpha value is -2.13. The predicted octanol–water partition coefficient (Wildman–Crippen LogP) is 3.79. The molecule has 2 aromatic carbocycles. The van der Waals surface area contributed by atoms with Crippen molar-refractivity contribution in [1.29, 1.82) is 0 Å². The monoisotopic (exact) mass is 255 g/mol. The normalized spacial score (nSPS) is 10.5. The summed E-state index contributed by atoms with van der Waals surface area (Å²) in [5, 5.41) is 7.82. The molecular weight excluding hydrogens is 246 g/mol. The maximum absolute atomic E-state index is 5.95. The molecule has 88 valence electrons. The maximum atomic E-state index is 5.95. The second-order valence-electron chi connectivity index (χ2n) is 3.88. The highest BCUT2D eigenvalue weighted by Gasteiger charge is 2.07. The molecule has 0 atom stereocenters. The number of rotatable bonds is 2. The van der Waals surface area contributed by atoms with Gasteiger partial charge in [-0.1, -0.05) is 54.1 Å². The third kappa shape index (κ3) is 2.13. The van der Waals surface area contributed by atoms with Crippen molar-refractivity contribution in [3.63, 3.8) is 0 Å². The fraction of sp³-hybridized carbons (Fsp3) is 0. The van der Waals surface area contributed by atoms with Crippen LogP contribution in [0.15, 0.2) is 54.6 Å². The molecule has 0 bridgehead atoms. The highest BCUT2D eigenvalue weighted by molar-refractivity contribution is 6.30. The molecule has 0 amide bonds. The van der Waals surface area contributed by atoms with Crippen molar-refractivity contribution in [3.05, 3.63) is 59.6 Å². The van der Waals surface area contributed by atoms with E-state index in [1.165, 1.54) is 0 Å². The Bertz CT molecular complexity index is 662. The third-order valence-electron chi connectivity index (χ3n) is 2.62. The van der Waals surface area contributed by atoms with Crippen LogP contribution in [-0.4, -0.2) is 15.2 Å². The zero-order valence-electron chi connectivity index (χ0n) is 9.47. The lowest BCUT2D eigenvalue weighted by Gasteiger charge is -1.95. The van der Waals surface area contributed by atoms with Gasteiger partial charge >= 0.3 is 0 Å². The fourth-order valence-corrected chi connectivity index (χ4v) is 1.93. The Morgan fingerprint density at radius 1 is 0.889 bits per heavy atom. The van der Waals surface area contributed by atoms with Gasteiger partial charge in [-0.3, -0.25) is 5.10 Å². The van der Waals surface area contributed by atoms with Gasteiger partial charge in [0, 0.05) is 16.1 Å². The van der Waals surface area contributed by atoms with Crippen LogP contribution in [0.4, 0.5) is 0 Å². The summed E-state index contributed by atoms with van der Waals surface area (Å²) in [5.41, 5.74) is 1.92. The van der Waals surface area contributed by atoms with Gasteiger partial charge in [0.2, 0.25) is 0 Å². The van der Waals surface area contributed by atoms with Crippen molar-refractivity contribution >= 4 is 11.6 Å². The van der Waals surface area contributed by atoms with Crippen LogP contribution < -0.4 is 0 Å². The van der Waals surface area contributed by atoms with E-state index in [1.807, 2.05) is 54.6 Å². The summed E-state index contributed by atoms with van der Waals surface area (Å²) in [7, 11) is 0. The van der Waals surface area contributed by atoms with Crippen molar-refractivity contribution in [3.8, 4) is 22.8 Å². The standard InChI is InChI=1S/C14H10ClN3/c15-12-8-4-7-11(9-12)14-16-13(17-18-14)10-5-2-1-3-6-10/h1-9H,(H,16,17,18). The number of aromatic amines is 1. The molecule has 0 saturated heterocycles. The van der Waals surface area contributed by atoms with Crippen LogP contribution in [0, 0.1) is 0 Å². The van der Waals surface area contributed by atoms with E-state index in [0.717, 1.165) is 17.0 Å². The van der Waals surface area contributed by atoms with E-state index in [-0.39, 0.29) is 0 Å². The highest BCUT2D eigenvalue weighted by atomic mass is 35.5. The maximum Gasteiger partial charge on any atom is 0.181 e. The van der Waals surface area contributed by atoms with Gasteiger partial charge in [0.25, 0.3) is 0 Å². The smallest absolute Gasteiger partial charge is 0.181 e. The lowest BCUT2D eigenvalue weighted by Crippen LogP contribution is -1.81. The van der Waals surface area contributed by atoms with Crippen molar-refractivity contribution in [2.45, 2.75) is 0 Å². The molecule has 0 aliphatic carbocycles. The largest absolute Gasteiger partial charge is 0.259 e. The number of nitrogens with one attached hydrogen (secondary N) is 1. The first-order valence-electron chi connectivity index (χ1n) is 5.57. The summed E-state index contributed by atoms with van der Waals surface area (Å²) in [6.45, 7) is 0. The Morgan fingerprint density at radius 3 is 2.44 bits per heavy atom. The Morgan fingerprint density at radius 2 is 1.67 bits per heavy atom. The van der Waals surface area contributed by atoms with Crippen molar-refractivity contribution < 1.29 is 0 Å². The predicted molar refractivity (Wildman–Crippen MR) is 72.3 cm³/mol. The first-order valence-corrected chi connectivity index (χ1v) is 5.94. The van der Waals surface area contributed by atoms with Gasteiger partial charge < -0.3 is 0 Å². The number of H-pyrrole nitrogens is 1. The molecule has 0 radical (unpaired) electrons. The Kier molecular flexibility index (Phi) is 2.82. The fourth-order valence-electron chi connectivity index (χ4n) is 1.74. The molecule has 0 spiro atoms. The van der Waals surface area contributed by atoms with Gasteiger partial charge in [0.1, 0.15) is 0 Å². The lowest BCUT2D eigenvalue weighted by molar-refractivity contribution is 1.10. The van der Waals surface area contributed by atoms with Crippen molar-refractivity contribution in [1.82, 2.24) is 15.2 Å². The van der Waals surface area contributed by atoms with Gasteiger partial charge in [-0.2, -0.15) is 5.10 Å². The first-order chi connectivity index (χ1) is 8.83. The molecule has 1 N–H and O–H groups in total. The SMILES string of the molecule is Clc1cccc(-c2n[nH]c(-c3ccccc3)n2)c1. The van der Waals surface area contributed by atoms with Gasteiger partial charge in [-0.05, 0) is 12.1 Å². The Labute approximate surface area is 109 Å². The quantitative estimate of drug-likeness (QED) is 0.757. The van der Waals surface area contributed by atoms with Crippen LogP contribution in [-0.2, 0) is 0 Å². The Balaban J connectivity index is 2.00. The van der Waals surface area contributed by atoms with Crippen LogP contribution in [0.2, 0.25) is 5.02 Å². The van der Waals surface area contributed by atoms with Crippen LogP contribution in [0.5, 0.6) is 0 Å². The summed E-state index contributed by atoms with van der Waals surface area (Å²) >= 11 is 5.95. The number of nitrogens with zero attached hydrogens (tertiary/aromatic N) is 2. The molecular formula is C14H10ClN3. The molecule has 1 aromatic heterocycles. The van der Waals surface area contributed by atoms with Crippen LogP contribution in [0.1, 0.15) is 0 Å². The molecule has 3 rings (SSSR count). The van der Waals surface area contributed by atoms with Crippen LogP contribution >= 0.6 is 11.6 Å². The minimum atomic E-state index is 0.649. The minimum Gasteiger partial charge on any atom is -0.259 e. The number of aromatic nitrogens is 3. The second-order valence-corrected chi connectivity index (χ2v) is 4.32. The zero-order valence-corrected chi connectivity index (χ0v) is 10.2. The number of benzene rings is 2. The van der Waals surface area contributed by atoms with Crippen molar-refractivity contribution in [2.75, 3.05) is 0 Å². The number of hydrogen-bond acceptors (Lipinski definition) is 2. The van der Waals surface area contributed by atoms with E-state index in [0.29, 0.717) is 10.8 Å². The summed E-state index contributed by atoms with van der Waals surface area (Å²) in [4.78, 5) is 4.47. The zero-order chi connectivity index (χ0) is 12.4. The van der Waals surface area contributed by atoms with E-state index in [2.05, 4.69) is 15.2 Å². The molecule has 0 unspecified atom stereocenters. The molecule has 18 heavy (non-hydrogen) atoms. The molecule has 0 saturated carbocycles. The second kappa shape index (κ2) is 4.63. The molecule has 4 heteroatoms. The van der Waals surface area contributed by atoms with E-state index in [1.54, 1.807) is 0 Å². The summed E-state index contributed by atoms with van der Waals surface area (Å²) in [6.07, 6.45) is 0. The topological polar surface area (TPSA) is 41.6 Å². The molecule has 0 aliphatic rings. The van der Waals surface area contributed by atoms with E-state index >= 15 is 0 Å². The summed E-state index contributed by atoms with van der Waals surface area (Å²) in [6, 6.07) is 17.4. The van der Waals surface area contributed by atoms with Gasteiger partial charge in [0.05, 0.1) is 0 Å². The number of hydrogen-bond donors (Lipinski definition) is 1. The summed E-state index contributed by atoms with van der Waals surface area (Å²) < 4.78 is 0. The molecule has 0 fully saturated rings. The molecule has 3 nitrogen and oxygen atoms in total. The van der Waals surface area contributed by atoms with Crippen molar-refractivity contribution in [2.24, 2.45) is 0 Å². The van der Waals surface area contributed by atoms with Crippen LogP contribution in [0.25, 0.3) is 22.8 Å². The molecule has 3 aromatic rings. The highest BCUT2D eigenvalue weighted by Crippen LogP contribution is 2.22. The number of halogens is 1. The molecule has 1 heterocycles. The van der Waals surface area contributed by atoms with Gasteiger partial charge in [-0.15, -0.1) is 0 Å².